The third-order valence-electron chi connectivity index (χ3n) is 18.4. The first kappa shape index (κ1) is 62.4. The number of unbranched alkanes of at least 4 members (excludes halogenated alkanes) is 8. The van der Waals surface area contributed by atoms with Gasteiger partial charge in [0, 0.05) is 58.5 Å². The van der Waals surface area contributed by atoms with Crippen molar-refractivity contribution in [2.24, 2.45) is 11.8 Å². The van der Waals surface area contributed by atoms with Crippen LogP contribution in [0, 0.1) is 18.4 Å². The van der Waals surface area contributed by atoms with Crippen molar-refractivity contribution >= 4 is 58.0 Å². The van der Waals surface area contributed by atoms with Gasteiger partial charge in [-0.3, -0.25) is 14.4 Å². The van der Waals surface area contributed by atoms with Crippen molar-refractivity contribution in [1.82, 2.24) is 9.80 Å². The maximum absolute atomic E-state index is 15.6. The summed E-state index contributed by atoms with van der Waals surface area (Å²) in [6, 6.07) is 38.2. The highest BCUT2D eigenvalue weighted by molar-refractivity contribution is 7.16. The highest BCUT2D eigenvalue weighted by Gasteiger charge is 2.50. The van der Waals surface area contributed by atoms with E-state index in [1.165, 1.54) is 61.5 Å². The van der Waals surface area contributed by atoms with Crippen LogP contribution < -0.4 is 14.4 Å². The maximum Gasteiger partial charge on any atom is 0.333 e. The number of furan rings is 1. The van der Waals surface area contributed by atoms with Gasteiger partial charge in [-0.2, -0.15) is 0 Å². The smallest absolute Gasteiger partial charge is 0.333 e. The first-order chi connectivity index (χ1) is 42.5. The molecular weight excluding hydrogens is 1100 g/mol. The van der Waals surface area contributed by atoms with E-state index in [2.05, 4.69) is 124 Å². The van der Waals surface area contributed by atoms with E-state index in [1.807, 2.05) is 34.1 Å². The lowest BCUT2D eigenvalue weighted by molar-refractivity contribution is -0.132. The number of ether oxygens (including phenoxy) is 2. The first-order valence-corrected chi connectivity index (χ1v) is 33.5. The number of hydrogen-bond donors (Lipinski definition) is 1. The minimum Gasteiger partial charge on any atom is -0.493 e. The number of nitrogens with zero attached hydrogens (tertiary/aromatic N) is 4. The monoisotopic (exact) mass is 1190 g/mol. The van der Waals surface area contributed by atoms with Gasteiger partial charge in [-0.05, 0) is 139 Å². The second kappa shape index (κ2) is 29.4. The van der Waals surface area contributed by atoms with Crippen molar-refractivity contribution in [2.75, 3.05) is 31.2 Å². The van der Waals surface area contributed by atoms with E-state index in [4.69, 9.17) is 20.5 Å². The molecule has 0 radical (unpaired) electrons. The molecule has 11 nitrogen and oxygen atoms in total. The fourth-order valence-corrected chi connectivity index (χ4v) is 14.5. The Morgan fingerprint density at radius 3 is 1.91 bits per heavy atom. The van der Waals surface area contributed by atoms with Crippen LogP contribution in [0.25, 0.3) is 55.2 Å². The molecule has 4 unspecified atom stereocenters. The van der Waals surface area contributed by atoms with Gasteiger partial charge in [0.1, 0.15) is 23.0 Å². The number of carbonyl (C=O) groups is 3. The molecule has 2 aromatic heterocycles. The zero-order valence-electron chi connectivity index (χ0n) is 52.1. The molecule has 1 N–H and O–H groups in total. The molecule has 4 aliphatic rings. The maximum atomic E-state index is 15.6. The van der Waals surface area contributed by atoms with Crippen LogP contribution in [0.4, 0.5) is 11.4 Å². The number of fused-ring (bicyclic) bond motifs is 4. The molecule has 1 saturated carbocycles. The molecule has 3 aliphatic heterocycles. The first-order valence-electron chi connectivity index (χ1n) is 32.7. The molecule has 0 bridgehead atoms. The summed E-state index contributed by atoms with van der Waals surface area (Å²) in [6.45, 7) is 23.0. The molecule has 12 heteroatoms. The Kier molecular flexibility index (Phi) is 21.1. The number of amides is 2. The van der Waals surface area contributed by atoms with Crippen LogP contribution in [-0.4, -0.2) is 65.0 Å². The Labute approximate surface area is 520 Å². The van der Waals surface area contributed by atoms with E-state index in [9.17, 15) is 9.90 Å². The van der Waals surface area contributed by atoms with Crippen LogP contribution in [0.5, 0.6) is 11.5 Å². The normalized spacial score (nSPS) is 17.1. The summed E-state index contributed by atoms with van der Waals surface area (Å²) in [5, 5.41) is 9.45. The van der Waals surface area contributed by atoms with Crippen LogP contribution in [0.1, 0.15) is 191 Å². The van der Waals surface area contributed by atoms with E-state index in [0.717, 1.165) is 138 Å². The fraction of sp³-hybridized carbons (Fsp3) is 0.440. The van der Waals surface area contributed by atoms with Gasteiger partial charge in [0.05, 0.1) is 47.2 Å². The number of benzene rings is 4. The molecule has 6 aromatic rings. The van der Waals surface area contributed by atoms with Gasteiger partial charge < -0.3 is 33.7 Å². The van der Waals surface area contributed by atoms with E-state index in [1.54, 1.807) is 23.5 Å². The minimum atomic E-state index is -1.32. The lowest BCUT2D eigenvalue weighted by Crippen LogP contribution is -2.34. The number of carbonyl (C=O) groups excluding carboxylic acids is 2. The van der Waals surface area contributed by atoms with E-state index >= 15 is 9.59 Å². The average molecular weight is 1190 g/mol. The number of thiophene rings is 1. The van der Waals surface area contributed by atoms with Crippen molar-refractivity contribution < 1.29 is 33.4 Å². The third kappa shape index (κ3) is 13.7. The van der Waals surface area contributed by atoms with Crippen molar-refractivity contribution in [3.05, 3.63) is 159 Å². The second-order valence-electron chi connectivity index (χ2n) is 24.3. The molecule has 87 heavy (non-hydrogen) atoms. The molecule has 456 valence electrons. The van der Waals surface area contributed by atoms with Gasteiger partial charge >= 0.3 is 5.97 Å². The van der Waals surface area contributed by atoms with Gasteiger partial charge in [-0.15, -0.1) is 11.3 Å². The molecule has 1 fully saturated rings. The Morgan fingerprint density at radius 2 is 1.26 bits per heavy atom. The molecule has 0 spiro atoms. The van der Waals surface area contributed by atoms with E-state index < -0.39 is 11.7 Å². The minimum absolute atomic E-state index is 0.126. The number of aliphatic carboxylic acids is 1. The Bertz CT molecular complexity index is 3520. The number of carboxylic acids is 1. The number of hydrogen-bond acceptors (Lipinski definition) is 8. The largest absolute Gasteiger partial charge is 0.493 e. The summed E-state index contributed by atoms with van der Waals surface area (Å²) in [6.07, 6.45) is 21.9. The molecule has 4 aromatic carbocycles. The predicted molar refractivity (Wildman–Crippen MR) is 354 cm³/mol. The molecule has 0 saturated heterocycles. The third-order valence-corrected chi connectivity index (χ3v) is 19.5. The van der Waals surface area contributed by atoms with Crippen LogP contribution >= 0.6 is 11.3 Å². The van der Waals surface area contributed by atoms with Crippen molar-refractivity contribution in [3.8, 4) is 44.4 Å². The van der Waals surface area contributed by atoms with Gasteiger partial charge in [-0.1, -0.05) is 167 Å². The fourth-order valence-electron chi connectivity index (χ4n) is 13.5. The summed E-state index contributed by atoms with van der Waals surface area (Å²) in [7, 11) is 0. The van der Waals surface area contributed by atoms with E-state index in [0.29, 0.717) is 60.9 Å². The van der Waals surface area contributed by atoms with Crippen molar-refractivity contribution in [1.29, 1.82) is 0 Å². The lowest BCUT2D eigenvalue weighted by Gasteiger charge is -2.29. The van der Waals surface area contributed by atoms with Crippen molar-refractivity contribution in [2.45, 2.75) is 175 Å². The van der Waals surface area contributed by atoms with Crippen LogP contribution in [0.15, 0.2) is 130 Å². The molecule has 1 aliphatic carbocycles. The zero-order valence-corrected chi connectivity index (χ0v) is 53.0. The molecule has 2 amide bonds. The van der Waals surface area contributed by atoms with E-state index in [-0.39, 0.29) is 29.4 Å². The topological polar surface area (TPSA) is 117 Å². The highest BCUT2D eigenvalue weighted by Crippen LogP contribution is 2.55. The lowest BCUT2D eigenvalue weighted by atomic mass is 9.95. The molecule has 10 rings (SSSR count). The standard InChI is InChI=1S/C75H88N4O7S/c1-8-14-18-20-43-84-57-36-38-59(66(47-57)85-44-21-19-15-9-2)52-31-34-56(35-32-52)79-63-26-22-25-60(63)61-45-55(33-39-64(61)79)67-41-42-68(87-67)72-70-69(73(80)78(72)49-51(13-6)24-17-11-4)71(77(74(70)81)48-50(12-5)23-16-10-3)54-29-27-53(28-30-54)65-40-37-58(86-65)46-62(76-7)75(82)83/h27-42,45-47,50-51,60,63H,8-26,43-44,48-49H2,1-6H3,(H,82,83)/b62-46-. The number of rotatable bonds is 32. The Morgan fingerprint density at radius 1 is 0.655 bits per heavy atom. The Balaban J connectivity index is 0.980. The van der Waals surface area contributed by atoms with Gasteiger partial charge in [0.25, 0.3) is 17.5 Å². The second-order valence-corrected chi connectivity index (χ2v) is 25.4. The summed E-state index contributed by atoms with van der Waals surface area (Å²) < 4.78 is 18.8. The van der Waals surface area contributed by atoms with Gasteiger partial charge in [-0.25, -0.2) is 4.85 Å². The predicted octanol–water partition coefficient (Wildman–Crippen LogP) is 19.6. The summed E-state index contributed by atoms with van der Waals surface area (Å²) in [5.41, 5.74) is 10.6. The molecular formula is C75H88N4O7S. The van der Waals surface area contributed by atoms with Crippen LogP contribution in [-0.2, 0) is 14.4 Å². The summed E-state index contributed by atoms with van der Waals surface area (Å²) >= 11 is 1.67. The highest BCUT2D eigenvalue weighted by atomic mass is 32.1. The van der Waals surface area contributed by atoms with Crippen molar-refractivity contribution in [3.63, 3.8) is 0 Å². The zero-order chi connectivity index (χ0) is 61.0. The average Bonchev–Trinajstić information content (AvgIpc) is 1.63. The summed E-state index contributed by atoms with van der Waals surface area (Å²) in [5.74, 6) is 1.82. The SMILES string of the molecule is [C-]#[N+]/C(=C\c1ccc(-c2ccc(C3=C4C(=O)N(CC(CC)CCCC)C(c5ccc(-c6ccc7c(c6)C6CCCC6N7c6ccc(-c7ccc(OCCCCCC)cc7OCCCCCC)cc6)s5)=C4C(=O)N3CC(CC)CCCC)cc2)o1)C(=O)O. The quantitative estimate of drug-likeness (QED) is 0.0252. The van der Waals surface area contributed by atoms with Gasteiger partial charge in [0.2, 0.25) is 0 Å². The molecule has 5 heterocycles. The summed E-state index contributed by atoms with van der Waals surface area (Å²) in [4.78, 5) is 54.4. The number of anilines is 2. The number of carboxylic acid groups (broad SMARTS) is 1. The molecule has 4 atom stereocenters. The van der Waals surface area contributed by atoms with Crippen LogP contribution in [0.3, 0.4) is 0 Å². The Hall–Kier alpha value is -7.62. The van der Waals surface area contributed by atoms with Crippen LogP contribution in [0.2, 0.25) is 0 Å². The van der Waals surface area contributed by atoms with Gasteiger partial charge in [0.15, 0.2) is 0 Å².